The normalized spacial score (nSPS) is 20.1. The van der Waals surface area contributed by atoms with Crippen LogP contribution in [-0.4, -0.2) is 59.4 Å². The number of likely N-dealkylation sites (tertiary alicyclic amines) is 1. The maximum Gasteiger partial charge on any atom is 0.422 e. The molecule has 2 aliphatic heterocycles. The molecule has 3 aliphatic rings. The molecule has 1 N–H and O–H groups in total. The number of guanidine groups is 1. The van der Waals surface area contributed by atoms with Gasteiger partial charge in [-0.05, 0) is 26.0 Å². The molecule has 1 spiro atoms. The third-order valence-electron chi connectivity index (χ3n) is 6.35. The van der Waals surface area contributed by atoms with Crippen LogP contribution in [0.5, 0.6) is 5.75 Å². The first-order chi connectivity index (χ1) is 16.7. The summed E-state index contributed by atoms with van der Waals surface area (Å²) in [5, 5.41) is 0. The lowest BCUT2D eigenvalue weighted by atomic mass is 10.0. The van der Waals surface area contributed by atoms with Crippen LogP contribution < -0.4 is 10.2 Å². The lowest BCUT2D eigenvalue weighted by molar-refractivity contribution is -0.153. The molecule has 1 saturated carbocycles. The smallest absolute Gasteiger partial charge is 0.422 e. The first-order valence-corrected chi connectivity index (χ1v) is 11.6. The van der Waals surface area contributed by atoms with E-state index in [-0.39, 0.29) is 24.4 Å². The second-order valence-electron chi connectivity index (χ2n) is 9.35. The van der Waals surface area contributed by atoms with Crippen molar-refractivity contribution in [3.8, 4) is 5.75 Å². The summed E-state index contributed by atoms with van der Waals surface area (Å²) in [6, 6.07) is 3.69. The number of hydroxylamine groups is 1. The molecule has 0 atom stereocenters. The van der Waals surface area contributed by atoms with Crippen LogP contribution >= 0.6 is 0 Å². The van der Waals surface area contributed by atoms with Crippen molar-refractivity contribution < 1.29 is 31.6 Å². The summed E-state index contributed by atoms with van der Waals surface area (Å²) in [7, 11) is 2.04. The van der Waals surface area contributed by atoms with Gasteiger partial charge in [-0.1, -0.05) is 6.07 Å². The summed E-state index contributed by atoms with van der Waals surface area (Å²) in [6.07, 6.45) is 0.617. The number of aliphatic imine (C=N–C) groups is 1. The van der Waals surface area contributed by atoms with Gasteiger partial charge in [-0.25, -0.2) is 24.7 Å². The lowest BCUT2D eigenvalue weighted by Gasteiger charge is -2.33. The topological polar surface area (TPSA) is 75.4 Å². The summed E-state index contributed by atoms with van der Waals surface area (Å²) >= 11 is 0. The van der Waals surface area contributed by atoms with Crippen molar-refractivity contribution in [2.75, 3.05) is 26.7 Å². The number of rotatable bonds is 7. The maximum atomic E-state index is 14.8. The van der Waals surface area contributed by atoms with E-state index in [9.17, 15) is 17.6 Å². The Labute approximate surface area is 199 Å². The Balaban J connectivity index is 1.35. The maximum absolute atomic E-state index is 14.8. The predicted octanol–water partition coefficient (Wildman–Crippen LogP) is 3.95. The van der Waals surface area contributed by atoms with Crippen LogP contribution in [0.2, 0.25) is 0 Å². The highest BCUT2D eigenvalue weighted by Gasteiger charge is 2.41. The van der Waals surface area contributed by atoms with Gasteiger partial charge in [0.05, 0.1) is 12.2 Å². The van der Waals surface area contributed by atoms with Crippen molar-refractivity contribution in [3.63, 3.8) is 0 Å². The minimum atomic E-state index is -4.50. The van der Waals surface area contributed by atoms with Gasteiger partial charge < -0.3 is 19.0 Å². The third kappa shape index (κ3) is 5.87. The van der Waals surface area contributed by atoms with E-state index in [1.54, 1.807) is 11.2 Å². The SMILES string of the molecule is CN1CCC2(CC1)N=C(N(Cc1coc(C3CC3)n1)Cc1ccc(OCC(F)(F)F)cc1F)NO2. The van der Waals surface area contributed by atoms with Crippen molar-refractivity contribution in [2.24, 2.45) is 4.99 Å². The minimum absolute atomic E-state index is 0.0855. The molecule has 35 heavy (non-hydrogen) atoms. The van der Waals surface area contributed by atoms with Crippen molar-refractivity contribution in [3.05, 3.63) is 47.4 Å². The summed E-state index contributed by atoms with van der Waals surface area (Å²) in [5.74, 6) is 0.628. The molecule has 2 aromatic rings. The Morgan fingerprint density at radius 2 is 2.00 bits per heavy atom. The Morgan fingerprint density at radius 1 is 1.23 bits per heavy atom. The summed E-state index contributed by atoms with van der Waals surface area (Å²) < 4.78 is 62.4. The van der Waals surface area contributed by atoms with Crippen LogP contribution in [0.3, 0.4) is 0 Å². The minimum Gasteiger partial charge on any atom is -0.484 e. The van der Waals surface area contributed by atoms with Gasteiger partial charge in [0.25, 0.3) is 0 Å². The van der Waals surface area contributed by atoms with Gasteiger partial charge in [-0.2, -0.15) is 13.2 Å². The number of alkyl halides is 3. The van der Waals surface area contributed by atoms with Crippen LogP contribution in [0, 0.1) is 5.82 Å². The van der Waals surface area contributed by atoms with E-state index in [2.05, 4.69) is 20.1 Å². The molecule has 190 valence electrons. The highest BCUT2D eigenvalue weighted by Crippen LogP contribution is 2.39. The largest absolute Gasteiger partial charge is 0.484 e. The van der Waals surface area contributed by atoms with Gasteiger partial charge in [0.1, 0.15) is 17.8 Å². The first kappa shape index (κ1) is 23.9. The Bertz CT molecular complexity index is 1080. The molecule has 8 nitrogen and oxygen atoms in total. The van der Waals surface area contributed by atoms with Crippen LogP contribution in [0.1, 0.15) is 48.7 Å². The number of nitrogens with zero attached hydrogens (tertiary/aromatic N) is 4. The third-order valence-corrected chi connectivity index (χ3v) is 6.35. The second-order valence-corrected chi connectivity index (χ2v) is 9.35. The molecule has 1 aromatic heterocycles. The van der Waals surface area contributed by atoms with Crippen LogP contribution in [0.25, 0.3) is 0 Å². The number of hydrogen-bond donors (Lipinski definition) is 1. The van der Waals surface area contributed by atoms with Crippen LogP contribution in [-0.2, 0) is 17.9 Å². The molecular weight excluding hydrogens is 470 g/mol. The number of hydrogen-bond acceptors (Lipinski definition) is 8. The zero-order chi connectivity index (χ0) is 24.6. The lowest BCUT2D eigenvalue weighted by Crippen LogP contribution is -2.43. The van der Waals surface area contributed by atoms with E-state index in [4.69, 9.17) is 14.2 Å². The number of aromatic nitrogens is 1. The average Bonchev–Trinajstić information content (AvgIpc) is 3.42. The predicted molar refractivity (Wildman–Crippen MR) is 117 cm³/mol. The molecule has 3 heterocycles. The number of benzene rings is 1. The number of piperidine rings is 1. The molecule has 0 amide bonds. The van der Waals surface area contributed by atoms with E-state index in [0.29, 0.717) is 36.3 Å². The molecule has 5 rings (SSSR count). The quantitative estimate of drug-likeness (QED) is 0.581. The van der Waals surface area contributed by atoms with E-state index >= 15 is 0 Å². The molecule has 1 saturated heterocycles. The average molecular weight is 497 g/mol. The summed E-state index contributed by atoms with van der Waals surface area (Å²) in [4.78, 5) is 19.2. The van der Waals surface area contributed by atoms with Gasteiger partial charge in [-0.15, -0.1) is 0 Å². The fourth-order valence-corrected chi connectivity index (χ4v) is 4.13. The number of nitrogens with one attached hydrogen (secondary N) is 1. The zero-order valence-corrected chi connectivity index (χ0v) is 19.3. The molecule has 1 aliphatic carbocycles. The molecular formula is C23H27F4N5O3. The van der Waals surface area contributed by atoms with Crippen molar-refractivity contribution in [1.82, 2.24) is 20.3 Å². The Kier molecular flexibility index (Phi) is 6.34. The van der Waals surface area contributed by atoms with Crippen molar-refractivity contribution in [2.45, 2.75) is 56.6 Å². The van der Waals surface area contributed by atoms with E-state index in [1.165, 1.54) is 12.1 Å². The molecule has 0 radical (unpaired) electrons. The second kappa shape index (κ2) is 9.30. The first-order valence-electron chi connectivity index (χ1n) is 11.6. The molecule has 0 unspecified atom stereocenters. The summed E-state index contributed by atoms with van der Waals surface area (Å²) in [5.41, 5.74) is 3.17. The molecule has 12 heteroatoms. The Hall–Kier alpha value is -2.86. The molecule has 1 aromatic carbocycles. The fraction of sp³-hybridized carbons (Fsp3) is 0.565. The van der Waals surface area contributed by atoms with Crippen molar-refractivity contribution in [1.29, 1.82) is 0 Å². The van der Waals surface area contributed by atoms with Gasteiger partial charge >= 0.3 is 6.18 Å². The van der Waals surface area contributed by atoms with E-state index in [1.807, 2.05) is 7.05 Å². The standard InChI is InChI=1S/C23H27F4N5O3/c1-31-8-6-22(7-9-31)29-21(30-35-22)32(12-17-13-33-20(28-17)15-2-3-15)11-16-4-5-18(10-19(16)24)34-14-23(25,26)27/h4-5,10,13,15H,2-3,6-9,11-12,14H2,1H3,(H,29,30). The van der Waals surface area contributed by atoms with Crippen LogP contribution in [0.4, 0.5) is 17.6 Å². The van der Waals surface area contributed by atoms with Gasteiger partial charge in [0.15, 0.2) is 18.2 Å². The number of ether oxygens (including phenoxy) is 1. The van der Waals surface area contributed by atoms with E-state index in [0.717, 1.165) is 32.0 Å². The fourth-order valence-electron chi connectivity index (χ4n) is 4.13. The van der Waals surface area contributed by atoms with Gasteiger partial charge in [0, 0.05) is 50.0 Å². The zero-order valence-electron chi connectivity index (χ0n) is 19.3. The monoisotopic (exact) mass is 497 g/mol. The highest BCUT2D eigenvalue weighted by molar-refractivity contribution is 5.80. The number of oxazole rings is 1. The van der Waals surface area contributed by atoms with Gasteiger partial charge in [0.2, 0.25) is 5.96 Å². The highest BCUT2D eigenvalue weighted by atomic mass is 19.4. The Morgan fingerprint density at radius 3 is 2.69 bits per heavy atom. The van der Waals surface area contributed by atoms with Crippen molar-refractivity contribution >= 4 is 5.96 Å². The van der Waals surface area contributed by atoms with E-state index < -0.39 is 24.3 Å². The summed E-state index contributed by atoms with van der Waals surface area (Å²) in [6.45, 7) is 0.555. The molecule has 2 fully saturated rings. The number of halogens is 4. The molecule has 0 bridgehead atoms. The van der Waals surface area contributed by atoms with Crippen LogP contribution in [0.15, 0.2) is 33.9 Å². The van der Waals surface area contributed by atoms with Gasteiger partial charge in [-0.3, -0.25) is 0 Å².